The fraction of sp³-hybridized carbons (Fsp3) is 0.684. The van der Waals surface area contributed by atoms with Crippen LogP contribution in [-0.4, -0.2) is 67.9 Å². The zero-order valence-electron chi connectivity index (χ0n) is 16.7. The minimum atomic E-state index is 0. The highest BCUT2D eigenvalue weighted by molar-refractivity contribution is 14.0. The van der Waals surface area contributed by atoms with E-state index in [-0.39, 0.29) is 24.0 Å². The van der Waals surface area contributed by atoms with Crippen LogP contribution in [0, 0.1) is 0 Å². The molecule has 0 amide bonds. The molecule has 0 saturated carbocycles. The lowest BCUT2D eigenvalue weighted by atomic mass is 10.2. The van der Waals surface area contributed by atoms with E-state index in [0.29, 0.717) is 25.1 Å². The summed E-state index contributed by atoms with van der Waals surface area (Å²) in [6.45, 7) is 12.9. The van der Waals surface area contributed by atoms with Crippen molar-refractivity contribution in [1.82, 2.24) is 20.5 Å². The first-order valence-electron chi connectivity index (χ1n) is 9.65. The van der Waals surface area contributed by atoms with Gasteiger partial charge in [0.1, 0.15) is 0 Å². The van der Waals surface area contributed by atoms with E-state index in [1.54, 1.807) is 6.20 Å². The highest BCUT2D eigenvalue weighted by Gasteiger charge is 2.17. The van der Waals surface area contributed by atoms with E-state index < -0.39 is 0 Å². The predicted octanol–water partition coefficient (Wildman–Crippen LogP) is 2.26. The first-order valence-corrected chi connectivity index (χ1v) is 9.65. The lowest BCUT2D eigenvalue weighted by Crippen LogP contribution is -2.49. The Kier molecular flexibility index (Phi) is 12.4. The van der Waals surface area contributed by atoms with E-state index in [2.05, 4.69) is 41.3 Å². The van der Waals surface area contributed by atoms with Gasteiger partial charge in [-0.25, -0.2) is 9.98 Å². The molecule has 0 spiro atoms. The number of aromatic nitrogens is 1. The summed E-state index contributed by atoms with van der Waals surface area (Å²) in [5.41, 5.74) is 0.999. The van der Waals surface area contributed by atoms with Crippen LogP contribution in [0.2, 0.25) is 0 Å². The van der Waals surface area contributed by atoms with Gasteiger partial charge in [0, 0.05) is 44.0 Å². The van der Waals surface area contributed by atoms with Crippen molar-refractivity contribution in [1.29, 1.82) is 0 Å². The normalized spacial score (nSPS) is 16.3. The molecule has 1 atom stereocenters. The maximum absolute atomic E-state index is 5.72. The maximum atomic E-state index is 5.72. The van der Waals surface area contributed by atoms with Gasteiger partial charge in [-0.1, -0.05) is 13.0 Å². The summed E-state index contributed by atoms with van der Waals surface area (Å²) >= 11 is 0. The number of morpholine rings is 1. The van der Waals surface area contributed by atoms with Crippen LogP contribution in [0.1, 0.15) is 32.8 Å². The summed E-state index contributed by atoms with van der Waals surface area (Å²) < 4.78 is 11.1. The minimum absolute atomic E-state index is 0. The third-order valence-corrected chi connectivity index (χ3v) is 4.28. The van der Waals surface area contributed by atoms with Crippen LogP contribution in [-0.2, 0) is 11.3 Å². The molecule has 27 heavy (non-hydrogen) atoms. The number of aliphatic imine (C=N–C) groups is 1. The molecule has 1 fully saturated rings. The first kappa shape index (κ1) is 23.9. The van der Waals surface area contributed by atoms with Crippen molar-refractivity contribution in [2.45, 2.75) is 39.8 Å². The van der Waals surface area contributed by atoms with Crippen LogP contribution in [0.5, 0.6) is 5.88 Å². The fourth-order valence-electron chi connectivity index (χ4n) is 2.77. The van der Waals surface area contributed by atoms with Crippen LogP contribution < -0.4 is 15.4 Å². The Hall–Kier alpha value is -1.13. The summed E-state index contributed by atoms with van der Waals surface area (Å²) in [6, 6.07) is 4.37. The molecule has 2 heterocycles. The Morgan fingerprint density at radius 2 is 2.11 bits per heavy atom. The van der Waals surface area contributed by atoms with E-state index in [1.807, 2.05) is 12.1 Å². The number of guanidine groups is 1. The van der Waals surface area contributed by atoms with Gasteiger partial charge in [-0.05, 0) is 26.3 Å². The third kappa shape index (κ3) is 8.61. The van der Waals surface area contributed by atoms with E-state index in [0.717, 1.165) is 57.3 Å². The number of hydrogen-bond acceptors (Lipinski definition) is 5. The number of hydrogen-bond donors (Lipinski definition) is 2. The number of pyridine rings is 1. The Morgan fingerprint density at radius 3 is 2.81 bits per heavy atom. The van der Waals surface area contributed by atoms with Gasteiger partial charge >= 0.3 is 0 Å². The van der Waals surface area contributed by atoms with Gasteiger partial charge in [-0.15, -0.1) is 24.0 Å². The van der Waals surface area contributed by atoms with E-state index in [9.17, 15) is 0 Å². The molecule has 0 aromatic carbocycles. The monoisotopic (exact) mass is 491 g/mol. The third-order valence-electron chi connectivity index (χ3n) is 4.28. The summed E-state index contributed by atoms with van der Waals surface area (Å²) in [7, 11) is 0. The molecule has 8 heteroatoms. The molecule has 2 rings (SSSR count). The molecule has 154 valence electrons. The lowest BCUT2D eigenvalue weighted by molar-refractivity contribution is 0.0211. The number of nitrogens with zero attached hydrogens (tertiary/aromatic N) is 3. The second kappa shape index (κ2) is 14.0. The second-order valence-electron chi connectivity index (χ2n) is 6.39. The fourth-order valence-corrected chi connectivity index (χ4v) is 2.77. The molecule has 7 nitrogen and oxygen atoms in total. The number of rotatable bonds is 9. The van der Waals surface area contributed by atoms with Gasteiger partial charge in [-0.3, -0.25) is 4.90 Å². The molecule has 0 aliphatic carbocycles. The molecule has 2 N–H and O–H groups in total. The van der Waals surface area contributed by atoms with Crippen molar-refractivity contribution in [2.75, 3.05) is 46.0 Å². The maximum Gasteiger partial charge on any atom is 0.218 e. The van der Waals surface area contributed by atoms with Crippen molar-refractivity contribution in [3.05, 3.63) is 23.9 Å². The van der Waals surface area contributed by atoms with Crippen LogP contribution in [0.3, 0.4) is 0 Å². The van der Waals surface area contributed by atoms with Crippen LogP contribution in [0.25, 0.3) is 0 Å². The minimum Gasteiger partial charge on any atom is -0.477 e. The Balaban J connectivity index is 0.00000364. The Labute approximate surface area is 180 Å². The van der Waals surface area contributed by atoms with Gasteiger partial charge in [0.15, 0.2) is 5.96 Å². The van der Waals surface area contributed by atoms with Gasteiger partial charge in [0.2, 0.25) is 5.88 Å². The van der Waals surface area contributed by atoms with Crippen LogP contribution >= 0.6 is 24.0 Å². The van der Waals surface area contributed by atoms with Gasteiger partial charge in [0.25, 0.3) is 0 Å². The zero-order valence-corrected chi connectivity index (χ0v) is 19.1. The standard InChI is InChI=1S/C19H33N5O2.HI/c1-4-11-26-18-17(7-6-8-21-18)15-23-19(20-5-2)22-14-16(3)24-9-12-25-13-10-24;/h6-8,16H,4-5,9-15H2,1-3H3,(H2,20,22,23);1H. The van der Waals surface area contributed by atoms with Crippen molar-refractivity contribution >= 4 is 29.9 Å². The van der Waals surface area contributed by atoms with Crippen molar-refractivity contribution in [2.24, 2.45) is 4.99 Å². The van der Waals surface area contributed by atoms with Crippen LogP contribution in [0.4, 0.5) is 0 Å². The topological polar surface area (TPSA) is 71.0 Å². The molecular weight excluding hydrogens is 457 g/mol. The summed E-state index contributed by atoms with van der Waals surface area (Å²) in [5.74, 6) is 1.49. The Bertz CT molecular complexity index is 553. The van der Waals surface area contributed by atoms with Gasteiger partial charge < -0.3 is 20.1 Å². The SMILES string of the molecule is CCCOc1ncccc1CN=C(NCC)NCC(C)N1CCOCC1.I. The zero-order chi connectivity index (χ0) is 18.6. The molecule has 1 aliphatic heterocycles. The van der Waals surface area contributed by atoms with Crippen molar-refractivity contribution in [3.8, 4) is 5.88 Å². The average molecular weight is 491 g/mol. The van der Waals surface area contributed by atoms with E-state index >= 15 is 0 Å². The number of nitrogens with one attached hydrogen (secondary N) is 2. The number of ether oxygens (including phenoxy) is 2. The average Bonchev–Trinajstić information content (AvgIpc) is 2.69. The summed E-state index contributed by atoms with van der Waals surface area (Å²) in [4.78, 5) is 11.5. The highest BCUT2D eigenvalue weighted by Crippen LogP contribution is 2.15. The smallest absolute Gasteiger partial charge is 0.218 e. The Morgan fingerprint density at radius 1 is 1.33 bits per heavy atom. The summed E-state index contributed by atoms with van der Waals surface area (Å²) in [5, 5.41) is 6.75. The first-order chi connectivity index (χ1) is 12.7. The molecular formula is C19H34IN5O2. The van der Waals surface area contributed by atoms with Crippen molar-refractivity contribution < 1.29 is 9.47 Å². The van der Waals surface area contributed by atoms with Crippen molar-refractivity contribution in [3.63, 3.8) is 0 Å². The molecule has 1 unspecified atom stereocenters. The molecule has 1 saturated heterocycles. The van der Waals surface area contributed by atoms with Gasteiger partial charge in [-0.2, -0.15) is 0 Å². The largest absolute Gasteiger partial charge is 0.477 e. The van der Waals surface area contributed by atoms with Gasteiger partial charge in [0.05, 0.1) is 26.4 Å². The number of halogens is 1. The lowest BCUT2D eigenvalue weighted by Gasteiger charge is -2.32. The second-order valence-corrected chi connectivity index (χ2v) is 6.39. The van der Waals surface area contributed by atoms with Crippen LogP contribution in [0.15, 0.2) is 23.3 Å². The molecule has 1 aromatic rings. The summed E-state index contributed by atoms with van der Waals surface area (Å²) in [6.07, 6.45) is 2.72. The van der Waals surface area contributed by atoms with E-state index in [4.69, 9.17) is 14.5 Å². The molecule has 1 aliphatic rings. The molecule has 0 radical (unpaired) electrons. The quantitative estimate of drug-likeness (QED) is 0.314. The molecule has 1 aromatic heterocycles. The molecule has 0 bridgehead atoms. The highest BCUT2D eigenvalue weighted by atomic mass is 127. The van der Waals surface area contributed by atoms with E-state index in [1.165, 1.54) is 0 Å². The predicted molar refractivity (Wildman–Crippen MR) is 120 cm³/mol.